The first-order chi connectivity index (χ1) is 14.0. The lowest BCUT2D eigenvalue weighted by molar-refractivity contribution is -0.119. The highest BCUT2D eigenvalue weighted by atomic mass is 35.6. The molecule has 30 heavy (non-hydrogen) atoms. The smallest absolute Gasteiger partial charge is 0.337 e. The maximum absolute atomic E-state index is 14.3. The second kappa shape index (κ2) is 8.33. The molecule has 3 amide bonds. The number of amidine groups is 1. The molecular formula is C18H12Cl3F3N4O2. The molecule has 0 spiro atoms. The van der Waals surface area contributed by atoms with Crippen LogP contribution in [-0.2, 0) is 4.79 Å². The molecule has 2 aromatic carbocycles. The van der Waals surface area contributed by atoms with Crippen molar-refractivity contribution in [3.05, 3.63) is 59.9 Å². The van der Waals surface area contributed by atoms with Crippen LogP contribution in [0.25, 0.3) is 0 Å². The van der Waals surface area contributed by atoms with Crippen LogP contribution < -0.4 is 10.2 Å². The van der Waals surface area contributed by atoms with E-state index in [1.165, 1.54) is 25.2 Å². The van der Waals surface area contributed by atoms with Gasteiger partial charge in [0.15, 0.2) is 6.17 Å². The molecule has 3 rings (SSSR count). The Labute approximate surface area is 183 Å². The van der Waals surface area contributed by atoms with Gasteiger partial charge in [-0.3, -0.25) is 9.69 Å². The summed E-state index contributed by atoms with van der Waals surface area (Å²) >= 11 is 17.8. The molecule has 1 aliphatic rings. The third kappa shape index (κ3) is 4.33. The Kier molecular flexibility index (Phi) is 6.16. The molecule has 0 radical (unpaired) electrons. The van der Waals surface area contributed by atoms with E-state index in [1.807, 2.05) is 0 Å². The van der Waals surface area contributed by atoms with Gasteiger partial charge in [-0.2, -0.15) is 0 Å². The molecule has 0 aliphatic carbocycles. The van der Waals surface area contributed by atoms with Crippen LogP contribution in [0, 0.1) is 17.5 Å². The molecule has 1 saturated heterocycles. The summed E-state index contributed by atoms with van der Waals surface area (Å²) in [6.45, 7) is 0. The Morgan fingerprint density at radius 3 is 2.30 bits per heavy atom. The predicted molar refractivity (Wildman–Crippen MR) is 109 cm³/mol. The van der Waals surface area contributed by atoms with E-state index in [2.05, 4.69) is 10.3 Å². The van der Waals surface area contributed by atoms with Crippen molar-refractivity contribution in [3.63, 3.8) is 0 Å². The molecule has 2 aromatic rings. The van der Waals surface area contributed by atoms with Gasteiger partial charge in [0.25, 0.3) is 5.91 Å². The molecular weight excluding hydrogens is 468 g/mol. The number of imide groups is 1. The van der Waals surface area contributed by atoms with Crippen LogP contribution in [0.2, 0.25) is 0 Å². The van der Waals surface area contributed by atoms with E-state index in [0.29, 0.717) is 15.9 Å². The number of halogens is 6. The molecule has 0 aromatic heterocycles. The van der Waals surface area contributed by atoms with Gasteiger partial charge in [-0.05, 0) is 24.3 Å². The van der Waals surface area contributed by atoms with E-state index >= 15 is 0 Å². The topological polar surface area (TPSA) is 65.0 Å². The van der Waals surface area contributed by atoms with Gasteiger partial charge in [0.2, 0.25) is 9.63 Å². The van der Waals surface area contributed by atoms with Gasteiger partial charge in [0.05, 0.1) is 11.4 Å². The highest BCUT2D eigenvalue weighted by Crippen LogP contribution is 2.35. The average molecular weight is 480 g/mol. The molecule has 1 unspecified atom stereocenters. The fourth-order valence-corrected chi connectivity index (χ4v) is 2.91. The van der Waals surface area contributed by atoms with E-state index in [1.54, 1.807) is 0 Å². The van der Waals surface area contributed by atoms with Gasteiger partial charge in [-0.1, -0.05) is 46.9 Å². The van der Waals surface area contributed by atoms with Gasteiger partial charge in [-0.15, -0.1) is 0 Å². The first-order valence-electron chi connectivity index (χ1n) is 8.23. The van der Waals surface area contributed by atoms with Crippen LogP contribution in [0.3, 0.4) is 0 Å². The van der Waals surface area contributed by atoms with Crippen molar-refractivity contribution in [2.45, 2.75) is 9.96 Å². The molecule has 0 saturated carbocycles. The minimum Gasteiger partial charge on any atom is -0.358 e. The third-order valence-electron chi connectivity index (χ3n) is 4.06. The molecule has 158 valence electrons. The number of urea groups is 1. The number of benzene rings is 2. The van der Waals surface area contributed by atoms with Crippen LogP contribution in [0.4, 0.5) is 29.3 Å². The minimum atomic E-state index is -2.24. The molecule has 6 nitrogen and oxygen atoms in total. The Bertz CT molecular complexity index is 1050. The number of hydrogen-bond donors (Lipinski definition) is 1. The summed E-state index contributed by atoms with van der Waals surface area (Å²) in [6, 6.07) is 6.88. The second-order valence-corrected chi connectivity index (χ2v) is 8.47. The van der Waals surface area contributed by atoms with Crippen LogP contribution in [0.15, 0.2) is 47.5 Å². The van der Waals surface area contributed by atoms with Crippen LogP contribution in [0.5, 0.6) is 0 Å². The summed E-state index contributed by atoms with van der Waals surface area (Å²) in [5.74, 6) is -4.10. The zero-order chi connectivity index (χ0) is 22.2. The summed E-state index contributed by atoms with van der Waals surface area (Å²) in [5, 5.41) is 2.45. The van der Waals surface area contributed by atoms with Crippen molar-refractivity contribution < 1.29 is 22.8 Å². The number of aliphatic imine (C=N–C) groups is 1. The highest BCUT2D eigenvalue weighted by Gasteiger charge is 2.44. The fourth-order valence-electron chi connectivity index (χ4n) is 2.60. The molecule has 1 fully saturated rings. The van der Waals surface area contributed by atoms with Crippen molar-refractivity contribution in [2.75, 3.05) is 17.3 Å². The number of rotatable bonds is 4. The van der Waals surface area contributed by atoms with Gasteiger partial charge in [0.1, 0.15) is 17.5 Å². The van der Waals surface area contributed by atoms with Crippen molar-refractivity contribution in [3.8, 4) is 0 Å². The van der Waals surface area contributed by atoms with E-state index < -0.39 is 45.2 Å². The van der Waals surface area contributed by atoms with Crippen molar-refractivity contribution in [1.29, 1.82) is 0 Å². The van der Waals surface area contributed by atoms with Crippen molar-refractivity contribution >= 4 is 64.0 Å². The number of carbonyl (C=O) groups excluding carboxylic acids is 2. The Balaban J connectivity index is 2.08. The minimum absolute atomic E-state index is 0.255. The summed E-state index contributed by atoms with van der Waals surface area (Å²) in [4.78, 5) is 30.5. The van der Waals surface area contributed by atoms with Crippen LogP contribution >= 0.6 is 34.8 Å². The fraction of sp³-hybridized carbons (Fsp3) is 0.167. The standard InChI is InChI=1S/C18H12Cl3F3N4O2/c1-27-15(29)14(28(17(27)30)13-5-3-2-4-10(13)23)26-16(18(19,20)21)25-12-7-6-9(22)8-11(12)24/h2-8,16,25H,1H3. The molecule has 1 heterocycles. The lowest BCUT2D eigenvalue weighted by atomic mass is 10.2. The quantitative estimate of drug-likeness (QED) is 0.510. The normalized spacial score (nSPS) is 17.1. The first-order valence-corrected chi connectivity index (χ1v) is 9.37. The number of nitrogens with one attached hydrogen (secondary N) is 1. The summed E-state index contributed by atoms with van der Waals surface area (Å²) in [5.41, 5.74) is -0.533. The van der Waals surface area contributed by atoms with E-state index in [9.17, 15) is 22.8 Å². The van der Waals surface area contributed by atoms with Crippen LogP contribution in [0.1, 0.15) is 0 Å². The lowest BCUT2D eigenvalue weighted by Crippen LogP contribution is -2.38. The first kappa shape index (κ1) is 22.2. The number of alkyl halides is 3. The molecule has 1 N–H and O–H groups in total. The summed E-state index contributed by atoms with van der Waals surface area (Å²) < 4.78 is 39.3. The number of anilines is 2. The zero-order valence-electron chi connectivity index (χ0n) is 15.0. The lowest BCUT2D eigenvalue weighted by Gasteiger charge is -2.25. The second-order valence-electron chi connectivity index (χ2n) is 6.10. The monoisotopic (exact) mass is 478 g/mol. The largest absolute Gasteiger partial charge is 0.358 e. The molecule has 12 heteroatoms. The Morgan fingerprint density at radius 1 is 1.03 bits per heavy atom. The van der Waals surface area contributed by atoms with E-state index in [0.717, 1.165) is 18.2 Å². The number of nitrogens with zero attached hydrogens (tertiary/aromatic N) is 3. The zero-order valence-corrected chi connectivity index (χ0v) is 17.3. The number of amides is 3. The number of likely N-dealkylation sites (N-methyl/N-ethyl adjacent to an activating group) is 1. The average Bonchev–Trinajstić information content (AvgIpc) is 2.87. The maximum atomic E-state index is 14.3. The Morgan fingerprint density at radius 2 is 1.70 bits per heavy atom. The van der Waals surface area contributed by atoms with Crippen molar-refractivity contribution in [1.82, 2.24) is 4.90 Å². The SMILES string of the molecule is CN1C(=O)C(=NC(Nc2ccc(F)cc2F)C(Cl)(Cl)Cl)N(c2ccccc2F)C1=O. The van der Waals surface area contributed by atoms with Gasteiger partial charge < -0.3 is 5.32 Å². The maximum Gasteiger partial charge on any atom is 0.337 e. The number of carbonyl (C=O) groups is 2. The van der Waals surface area contributed by atoms with Gasteiger partial charge >= 0.3 is 6.03 Å². The summed E-state index contributed by atoms with van der Waals surface area (Å²) in [7, 11) is 1.17. The molecule has 1 atom stereocenters. The summed E-state index contributed by atoms with van der Waals surface area (Å²) in [6.07, 6.45) is -1.60. The third-order valence-corrected chi connectivity index (χ3v) is 4.68. The molecule has 1 aliphatic heterocycles. The number of hydrogen-bond acceptors (Lipinski definition) is 4. The van der Waals surface area contributed by atoms with E-state index in [-0.39, 0.29) is 11.4 Å². The number of para-hydroxylation sites is 1. The van der Waals surface area contributed by atoms with E-state index in [4.69, 9.17) is 34.8 Å². The van der Waals surface area contributed by atoms with Gasteiger partial charge in [0, 0.05) is 13.1 Å². The van der Waals surface area contributed by atoms with Gasteiger partial charge in [-0.25, -0.2) is 27.9 Å². The highest BCUT2D eigenvalue weighted by molar-refractivity contribution is 6.68. The molecule has 0 bridgehead atoms. The van der Waals surface area contributed by atoms with Crippen molar-refractivity contribution in [2.24, 2.45) is 4.99 Å². The Hall–Kier alpha value is -2.49. The van der Waals surface area contributed by atoms with Crippen LogP contribution in [-0.4, -0.2) is 39.7 Å². The predicted octanol–water partition coefficient (Wildman–Crippen LogP) is 4.71.